The molecule has 0 saturated carbocycles. The first-order valence-corrected chi connectivity index (χ1v) is 11.5. The topological polar surface area (TPSA) is 87.2 Å². The molecule has 1 saturated heterocycles. The summed E-state index contributed by atoms with van der Waals surface area (Å²) in [4.78, 5) is 2.64. The van der Waals surface area contributed by atoms with Crippen molar-refractivity contribution < 1.29 is 8.42 Å². The molecular weight excluding hydrogens is 374 g/mol. The molecule has 28 heavy (non-hydrogen) atoms. The molecule has 0 unspecified atom stereocenters. The number of anilines is 2. The van der Waals surface area contributed by atoms with Crippen molar-refractivity contribution in [3.8, 4) is 0 Å². The minimum absolute atomic E-state index is 0.287. The highest BCUT2D eigenvalue weighted by Gasteiger charge is 2.17. The van der Waals surface area contributed by atoms with Gasteiger partial charge in [-0.25, -0.2) is 13.1 Å². The van der Waals surface area contributed by atoms with Crippen LogP contribution in [0.1, 0.15) is 36.8 Å². The second-order valence-corrected chi connectivity index (χ2v) is 9.22. The van der Waals surface area contributed by atoms with Gasteiger partial charge in [0.05, 0.1) is 16.8 Å². The average molecular weight is 402 g/mol. The van der Waals surface area contributed by atoms with Gasteiger partial charge in [-0.2, -0.15) is 5.10 Å². The maximum Gasteiger partial charge on any atom is 0.240 e. The summed E-state index contributed by atoms with van der Waals surface area (Å²) in [5.74, 6) is 0.664. The predicted molar refractivity (Wildman–Crippen MR) is 110 cm³/mol. The smallest absolute Gasteiger partial charge is 0.240 e. The van der Waals surface area contributed by atoms with Gasteiger partial charge in [-0.3, -0.25) is 0 Å². The van der Waals surface area contributed by atoms with Gasteiger partial charge in [-0.05, 0) is 61.8 Å². The Morgan fingerprint density at radius 2 is 1.75 bits per heavy atom. The molecule has 0 radical (unpaired) electrons. The molecule has 2 aromatic rings. The second-order valence-electron chi connectivity index (χ2n) is 7.46. The van der Waals surface area contributed by atoms with Gasteiger partial charge >= 0.3 is 0 Å². The van der Waals surface area contributed by atoms with Crippen LogP contribution < -0.4 is 14.9 Å². The minimum atomic E-state index is -3.50. The van der Waals surface area contributed by atoms with Crippen molar-refractivity contribution in [3.63, 3.8) is 0 Å². The number of hydrogen-bond acceptors (Lipinski definition) is 6. The fraction of sp³-hybridized carbons (Fsp3) is 0.500. The number of nitrogens with one attached hydrogen (secondary N) is 2. The Balaban J connectivity index is 1.31. The molecule has 1 aliphatic carbocycles. The van der Waals surface area contributed by atoms with E-state index in [2.05, 4.69) is 25.1 Å². The highest BCUT2D eigenvalue weighted by atomic mass is 32.2. The Morgan fingerprint density at radius 3 is 2.57 bits per heavy atom. The molecule has 0 spiro atoms. The van der Waals surface area contributed by atoms with E-state index >= 15 is 0 Å². The van der Waals surface area contributed by atoms with Crippen LogP contribution in [0.3, 0.4) is 0 Å². The van der Waals surface area contributed by atoms with Gasteiger partial charge in [0.1, 0.15) is 0 Å². The number of rotatable bonds is 7. The van der Waals surface area contributed by atoms with Crippen molar-refractivity contribution in [1.82, 2.24) is 14.9 Å². The molecule has 8 heteroatoms. The van der Waals surface area contributed by atoms with Crippen LogP contribution in [-0.2, 0) is 22.9 Å². The predicted octanol–water partition coefficient (Wildman–Crippen LogP) is 2.35. The van der Waals surface area contributed by atoms with Crippen molar-refractivity contribution in [2.75, 3.05) is 36.4 Å². The van der Waals surface area contributed by atoms with E-state index in [-0.39, 0.29) is 6.54 Å². The maximum absolute atomic E-state index is 12.6. The third-order valence-electron chi connectivity index (χ3n) is 5.46. The van der Waals surface area contributed by atoms with Crippen molar-refractivity contribution in [3.05, 3.63) is 41.6 Å². The molecule has 7 nitrogen and oxygen atoms in total. The van der Waals surface area contributed by atoms with Crippen LogP contribution in [0.15, 0.2) is 35.4 Å². The standard InChI is InChI=1S/C20H27N5O2S/c26-28(27,19-8-7-16-5-1-2-6-17(16)13-19)23-10-9-21-20-14-18(15-22-24-20)25-11-3-4-12-25/h7-8,13-15,23H,1-6,9-12H2,(H,21,24). The third-order valence-corrected chi connectivity index (χ3v) is 6.92. The monoisotopic (exact) mass is 401 g/mol. The van der Waals surface area contributed by atoms with Crippen LogP contribution in [0, 0.1) is 0 Å². The molecule has 2 N–H and O–H groups in total. The van der Waals surface area contributed by atoms with E-state index < -0.39 is 10.0 Å². The minimum Gasteiger partial charge on any atom is -0.370 e. The lowest BCUT2D eigenvalue weighted by Crippen LogP contribution is -2.29. The maximum atomic E-state index is 12.6. The molecule has 1 aromatic carbocycles. The van der Waals surface area contributed by atoms with E-state index in [1.165, 1.54) is 30.4 Å². The summed E-state index contributed by atoms with van der Waals surface area (Å²) in [6, 6.07) is 7.47. The van der Waals surface area contributed by atoms with Gasteiger partial charge in [0.2, 0.25) is 10.0 Å². The molecular formula is C20H27N5O2S. The van der Waals surface area contributed by atoms with E-state index in [1.54, 1.807) is 12.3 Å². The van der Waals surface area contributed by atoms with E-state index in [0.717, 1.165) is 38.0 Å². The van der Waals surface area contributed by atoms with Crippen LogP contribution in [0.2, 0.25) is 0 Å². The fourth-order valence-electron chi connectivity index (χ4n) is 3.93. The molecule has 150 valence electrons. The summed E-state index contributed by atoms with van der Waals surface area (Å²) in [5, 5.41) is 11.3. The van der Waals surface area contributed by atoms with E-state index in [0.29, 0.717) is 17.3 Å². The first kappa shape index (κ1) is 19.1. The molecule has 4 rings (SSSR count). The zero-order valence-corrected chi connectivity index (χ0v) is 16.8. The van der Waals surface area contributed by atoms with Gasteiger partial charge in [-0.15, -0.1) is 5.10 Å². The molecule has 1 aromatic heterocycles. The Bertz CT molecular complexity index is 926. The summed E-state index contributed by atoms with van der Waals surface area (Å²) in [5.41, 5.74) is 3.51. The van der Waals surface area contributed by atoms with E-state index in [4.69, 9.17) is 0 Å². The van der Waals surface area contributed by atoms with Gasteiger partial charge < -0.3 is 10.2 Å². The van der Waals surface area contributed by atoms with Gasteiger partial charge in [0, 0.05) is 32.2 Å². The normalized spacial score (nSPS) is 16.8. The largest absolute Gasteiger partial charge is 0.370 e. The van der Waals surface area contributed by atoms with Crippen LogP contribution in [-0.4, -0.2) is 44.8 Å². The van der Waals surface area contributed by atoms with Crippen molar-refractivity contribution in [1.29, 1.82) is 0 Å². The molecule has 0 amide bonds. The summed E-state index contributed by atoms with van der Waals surface area (Å²) in [7, 11) is -3.50. The van der Waals surface area contributed by atoms with Crippen molar-refractivity contribution in [2.24, 2.45) is 0 Å². The molecule has 1 aliphatic heterocycles. The van der Waals surface area contributed by atoms with Gasteiger partial charge in [-0.1, -0.05) is 6.07 Å². The third kappa shape index (κ3) is 4.44. The number of fused-ring (bicyclic) bond motifs is 1. The number of benzene rings is 1. The Kier molecular flexibility index (Phi) is 5.77. The first-order valence-electron chi connectivity index (χ1n) is 10.0. The summed E-state index contributed by atoms with van der Waals surface area (Å²) < 4.78 is 27.8. The molecule has 2 aliphatic rings. The Hall–Kier alpha value is -2.19. The van der Waals surface area contributed by atoms with Crippen LogP contribution in [0.4, 0.5) is 11.5 Å². The van der Waals surface area contributed by atoms with Crippen molar-refractivity contribution >= 4 is 21.5 Å². The van der Waals surface area contributed by atoms with Crippen LogP contribution >= 0.6 is 0 Å². The second kappa shape index (κ2) is 8.45. The average Bonchev–Trinajstić information content (AvgIpc) is 3.26. The fourth-order valence-corrected chi connectivity index (χ4v) is 5.01. The quantitative estimate of drug-likeness (QED) is 0.693. The summed E-state index contributed by atoms with van der Waals surface area (Å²) in [6.07, 6.45) is 8.51. The summed E-state index contributed by atoms with van der Waals surface area (Å²) in [6.45, 7) is 2.83. The molecule has 0 bridgehead atoms. The van der Waals surface area contributed by atoms with Crippen LogP contribution in [0.25, 0.3) is 0 Å². The molecule has 1 fully saturated rings. The lowest BCUT2D eigenvalue weighted by molar-refractivity contribution is 0.582. The molecule has 2 heterocycles. The van der Waals surface area contributed by atoms with Crippen LogP contribution in [0.5, 0.6) is 0 Å². The number of sulfonamides is 1. The lowest BCUT2D eigenvalue weighted by Gasteiger charge is -2.17. The number of hydrogen-bond donors (Lipinski definition) is 2. The number of aryl methyl sites for hydroxylation is 2. The lowest BCUT2D eigenvalue weighted by atomic mass is 9.92. The Morgan fingerprint density at radius 1 is 0.964 bits per heavy atom. The zero-order valence-electron chi connectivity index (χ0n) is 16.0. The highest BCUT2D eigenvalue weighted by Crippen LogP contribution is 2.24. The number of nitrogens with zero attached hydrogens (tertiary/aromatic N) is 3. The van der Waals surface area contributed by atoms with Crippen molar-refractivity contribution in [2.45, 2.75) is 43.4 Å². The Labute approximate surface area is 166 Å². The number of aromatic nitrogens is 2. The SMILES string of the molecule is O=S(=O)(NCCNc1cc(N2CCCC2)cnn1)c1ccc2c(c1)CCCC2. The highest BCUT2D eigenvalue weighted by molar-refractivity contribution is 7.89. The van der Waals surface area contributed by atoms with E-state index in [1.807, 2.05) is 18.2 Å². The van der Waals surface area contributed by atoms with Gasteiger partial charge in [0.15, 0.2) is 5.82 Å². The van der Waals surface area contributed by atoms with E-state index in [9.17, 15) is 8.42 Å². The van der Waals surface area contributed by atoms with Gasteiger partial charge in [0.25, 0.3) is 0 Å². The molecule has 0 atom stereocenters. The zero-order chi connectivity index (χ0) is 19.4. The first-order chi connectivity index (χ1) is 13.6. The summed E-state index contributed by atoms with van der Waals surface area (Å²) >= 11 is 0.